The average Bonchev–Trinajstić information content (AvgIpc) is 3.51. The van der Waals surface area contributed by atoms with Crippen LogP contribution in [0.4, 0.5) is 0 Å². The van der Waals surface area contributed by atoms with Crippen molar-refractivity contribution in [2.24, 2.45) is 5.10 Å². The van der Waals surface area contributed by atoms with Gasteiger partial charge < -0.3 is 4.42 Å². The molecule has 0 unspecified atom stereocenters. The molecule has 3 aromatic heterocycles. The van der Waals surface area contributed by atoms with E-state index in [0.29, 0.717) is 28.6 Å². The van der Waals surface area contributed by atoms with Gasteiger partial charge in [0.15, 0.2) is 0 Å². The van der Waals surface area contributed by atoms with Crippen LogP contribution in [0.2, 0.25) is 0 Å². The number of furan rings is 1. The van der Waals surface area contributed by atoms with E-state index >= 15 is 0 Å². The molecule has 5 aromatic rings. The summed E-state index contributed by atoms with van der Waals surface area (Å²) in [5, 5.41) is 4.04. The number of carbonyl (C=O) groups is 1. The first kappa shape index (κ1) is 27.0. The number of pyridine rings is 1. The van der Waals surface area contributed by atoms with E-state index in [9.17, 15) is 13.2 Å². The maximum atomic E-state index is 13.6. The number of nitrogens with one attached hydrogen (secondary N) is 1. The van der Waals surface area contributed by atoms with Crippen LogP contribution in [0.25, 0.3) is 5.65 Å². The van der Waals surface area contributed by atoms with E-state index in [0.717, 1.165) is 16.7 Å². The molecular formula is C30H29N5O4S. The Morgan fingerprint density at radius 1 is 0.975 bits per heavy atom. The van der Waals surface area contributed by atoms with Crippen molar-refractivity contribution < 1.29 is 17.6 Å². The van der Waals surface area contributed by atoms with E-state index in [-0.39, 0.29) is 18.0 Å². The summed E-state index contributed by atoms with van der Waals surface area (Å²) < 4.78 is 36.1. The molecule has 40 heavy (non-hydrogen) atoms. The minimum atomic E-state index is -3.81. The third kappa shape index (κ3) is 5.88. The number of fused-ring (bicyclic) bond motifs is 1. The van der Waals surface area contributed by atoms with Crippen LogP contribution in [-0.4, -0.2) is 34.2 Å². The molecule has 10 heteroatoms. The normalized spacial score (nSPS) is 12.0. The number of aromatic nitrogens is 2. The first-order valence-electron chi connectivity index (χ1n) is 12.7. The highest BCUT2D eigenvalue weighted by atomic mass is 32.2. The molecule has 0 radical (unpaired) electrons. The molecule has 0 aliphatic carbocycles. The molecule has 0 aliphatic heterocycles. The number of carbonyl (C=O) groups excluding carboxylic acids is 1. The second-order valence-electron chi connectivity index (χ2n) is 9.55. The SMILES string of the molecule is Cc1ccc(S(=O)(=O)N(Cc2ccccc2)Cc2ccc(/C=N\NC(=O)c3c(C)nc4cc(C)ccn34)o2)cc1. The Labute approximate surface area is 232 Å². The third-order valence-corrected chi connectivity index (χ3v) is 8.21. The van der Waals surface area contributed by atoms with Crippen molar-refractivity contribution >= 4 is 27.8 Å². The molecule has 3 heterocycles. The molecule has 5 rings (SSSR count). The summed E-state index contributed by atoms with van der Waals surface area (Å²) in [6.07, 6.45) is 3.17. The van der Waals surface area contributed by atoms with Gasteiger partial charge in [-0.3, -0.25) is 9.20 Å². The summed E-state index contributed by atoms with van der Waals surface area (Å²) in [6.45, 7) is 5.84. The molecule has 0 aliphatic rings. The summed E-state index contributed by atoms with van der Waals surface area (Å²) in [4.78, 5) is 17.5. The van der Waals surface area contributed by atoms with Crippen molar-refractivity contribution in [3.63, 3.8) is 0 Å². The number of sulfonamides is 1. The van der Waals surface area contributed by atoms with Gasteiger partial charge in [-0.2, -0.15) is 9.41 Å². The number of benzene rings is 2. The number of hydrogen-bond donors (Lipinski definition) is 1. The van der Waals surface area contributed by atoms with E-state index in [2.05, 4.69) is 15.5 Å². The van der Waals surface area contributed by atoms with E-state index in [1.54, 1.807) is 53.9 Å². The Morgan fingerprint density at radius 2 is 1.73 bits per heavy atom. The fourth-order valence-electron chi connectivity index (χ4n) is 4.34. The first-order valence-corrected chi connectivity index (χ1v) is 14.1. The van der Waals surface area contributed by atoms with Gasteiger partial charge in [-0.15, -0.1) is 0 Å². The predicted octanol–water partition coefficient (Wildman–Crippen LogP) is 5.01. The smallest absolute Gasteiger partial charge is 0.290 e. The fraction of sp³-hybridized carbons (Fsp3) is 0.167. The van der Waals surface area contributed by atoms with Gasteiger partial charge in [-0.25, -0.2) is 18.8 Å². The Kier molecular flexibility index (Phi) is 7.63. The number of imidazole rings is 1. The van der Waals surface area contributed by atoms with Gasteiger partial charge in [-0.05, 0) is 68.3 Å². The van der Waals surface area contributed by atoms with E-state index in [4.69, 9.17) is 4.42 Å². The summed E-state index contributed by atoms with van der Waals surface area (Å²) in [5.74, 6) is 0.399. The van der Waals surface area contributed by atoms with Gasteiger partial charge in [0.05, 0.1) is 23.3 Å². The van der Waals surface area contributed by atoms with Gasteiger partial charge in [0.2, 0.25) is 10.0 Å². The van der Waals surface area contributed by atoms with Crippen molar-refractivity contribution in [3.8, 4) is 0 Å². The van der Waals surface area contributed by atoms with Crippen molar-refractivity contribution in [2.45, 2.75) is 38.8 Å². The minimum absolute atomic E-state index is 0.0196. The fourth-order valence-corrected chi connectivity index (χ4v) is 5.73. The molecular weight excluding hydrogens is 526 g/mol. The van der Waals surface area contributed by atoms with Crippen molar-refractivity contribution in [1.82, 2.24) is 19.1 Å². The lowest BCUT2D eigenvalue weighted by Gasteiger charge is -2.21. The van der Waals surface area contributed by atoms with Gasteiger partial charge in [0.25, 0.3) is 5.91 Å². The molecule has 0 bridgehead atoms. The summed E-state index contributed by atoms with van der Waals surface area (Å²) in [5.41, 5.74) is 7.06. The van der Waals surface area contributed by atoms with Crippen LogP contribution < -0.4 is 5.43 Å². The van der Waals surface area contributed by atoms with Crippen LogP contribution in [-0.2, 0) is 23.1 Å². The minimum Gasteiger partial charge on any atom is -0.459 e. The lowest BCUT2D eigenvalue weighted by molar-refractivity contribution is 0.0948. The number of nitrogens with zero attached hydrogens (tertiary/aromatic N) is 4. The molecule has 0 spiro atoms. The Morgan fingerprint density at radius 3 is 2.48 bits per heavy atom. The van der Waals surface area contributed by atoms with Crippen LogP contribution in [0.1, 0.15) is 44.4 Å². The number of amides is 1. The van der Waals surface area contributed by atoms with Crippen LogP contribution in [0.3, 0.4) is 0 Å². The first-order chi connectivity index (χ1) is 19.2. The highest BCUT2D eigenvalue weighted by molar-refractivity contribution is 7.89. The molecule has 0 atom stereocenters. The van der Waals surface area contributed by atoms with Gasteiger partial charge in [0, 0.05) is 12.7 Å². The summed E-state index contributed by atoms with van der Waals surface area (Å²) >= 11 is 0. The lowest BCUT2D eigenvalue weighted by Crippen LogP contribution is -2.30. The maximum Gasteiger partial charge on any atom is 0.290 e. The number of hydrazone groups is 1. The second-order valence-corrected chi connectivity index (χ2v) is 11.5. The van der Waals surface area contributed by atoms with Crippen LogP contribution in [0, 0.1) is 20.8 Å². The highest BCUT2D eigenvalue weighted by Crippen LogP contribution is 2.22. The lowest BCUT2D eigenvalue weighted by atomic mass is 10.2. The number of hydrogen-bond acceptors (Lipinski definition) is 6. The quantitative estimate of drug-likeness (QED) is 0.203. The van der Waals surface area contributed by atoms with Crippen LogP contribution in [0.15, 0.2) is 99.5 Å². The van der Waals surface area contributed by atoms with Gasteiger partial charge in [0.1, 0.15) is 22.9 Å². The maximum absolute atomic E-state index is 13.6. The van der Waals surface area contributed by atoms with E-state index in [1.807, 2.05) is 56.3 Å². The van der Waals surface area contributed by atoms with Crippen molar-refractivity contribution in [2.75, 3.05) is 0 Å². The molecule has 204 valence electrons. The average molecular weight is 556 g/mol. The topological polar surface area (TPSA) is 109 Å². The van der Waals surface area contributed by atoms with Gasteiger partial charge >= 0.3 is 0 Å². The molecule has 0 saturated carbocycles. The zero-order valence-corrected chi connectivity index (χ0v) is 23.2. The zero-order chi connectivity index (χ0) is 28.3. The Bertz CT molecular complexity index is 1790. The summed E-state index contributed by atoms with van der Waals surface area (Å²) in [6, 6.07) is 23.3. The van der Waals surface area contributed by atoms with E-state index in [1.165, 1.54) is 10.5 Å². The molecule has 2 aromatic carbocycles. The predicted molar refractivity (Wildman–Crippen MR) is 152 cm³/mol. The molecule has 0 saturated heterocycles. The van der Waals surface area contributed by atoms with Crippen molar-refractivity contribution in [1.29, 1.82) is 0 Å². The highest BCUT2D eigenvalue weighted by Gasteiger charge is 2.26. The van der Waals surface area contributed by atoms with E-state index < -0.39 is 15.9 Å². The second kappa shape index (κ2) is 11.3. The van der Waals surface area contributed by atoms with Crippen LogP contribution >= 0.6 is 0 Å². The molecule has 1 amide bonds. The monoisotopic (exact) mass is 555 g/mol. The molecule has 0 fully saturated rings. The third-order valence-electron chi connectivity index (χ3n) is 6.40. The number of aryl methyl sites for hydroxylation is 3. The van der Waals surface area contributed by atoms with Gasteiger partial charge in [-0.1, -0.05) is 48.0 Å². The van der Waals surface area contributed by atoms with Crippen molar-refractivity contribution in [3.05, 3.63) is 125 Å². The van der Waals surface area contributed by atoms with Crippen LogP contribution in [0.5, 0.6) is 0 Å². The standard InChI is InChI=1S/C30H29N5O4S/c1-21-9-13-27(14-10-21)40(37,38)34(19-24-7-5-4-6-8-24)20-26-12-11-25(39-26)18-31-33-30(36)29-23(3)32-28-17-22(2)15-16-35(28)29/h4-18H,19-20H2,1-3H3,(H,33,36)/b31-18-. The Hall–Kier alpha value is -4.54. The Balaban J connectivity index is 1.32. The molecule has 1 N–H and O–H groups in total. The zero-order valence-electron chi connectivity index (χ0n) is 22.4. The molecule has 9 nitrogen and oxygen atoms in total. The number of rotatable bonds is 9. The largest absolute Gasteiger partial charge is 0.459 e. The summed E-state index contributed by atoms with van der Waals surface area (Å²) in [7, 11) is -3.81.